The van der Waals surface area contributed by atoms with Crippen LogP contribution in [0.5, 0.6) is 0 Å². The molecule has 0 saturated heterocycles. The number of aliphatic hydroxyl groups excluding tert-OH is 1. The molecular formula is C14H19NO2. The van der Waals surface area contributed by atoms with E-state index in [0.29, 0.717) is 12.1 Å². The fourth-order valence-corrected chi connectivity index (χ4v) is 2.06. The molecule has 0 spiro atoms. The highest BCUT2D eigenvalue weighted by Gasteiger charge is 2.19. The third-order valence-electron chi connectivity index (χ3n) is 3.44. The van der Waals surface area contributed by atoms with E-state index in [2.05, 4.69) is 5.32 Å². The summed E-state index contributed by atoms with van der Waals surface area (Å²) in [6.45, 7) is 0.674. The van der Waals surface area contributed by atoms with Crippen LogP contribution in [0.25, 0.3) is 0 Å². The van der Waals surface area contributed by atoms with Gasteiger partial charge in [0.15, 0.2) is 6.10 Å². The van der Waals surface area contributed by atoms with Gasteiger partial charge in [-0.1, -0.05) is 49.6 Å². The van der Waals surface area contributed by atoms with Crippen LogP contribution in [0.1, 0.15) is 37.4 Å². The van der Waals surface area contributed by atoms with Crippen molar-refractivity contribution in [2.75, 3.05) is 6.54 Å². The van der Waals surface area contributed by atoms with Crippen molar-refractivity contribution in [3.63, 3.8) is 0 Å². The third-order valence-corrected chi connectivity index (χ3v) is 3.44. The summed E-state index contributed by atoms with van der Waals surface area (Å²) in [4.78, 5) is 11.7. The molecule has 3 heteroatoms. The number of hydrogen-bond donors (Lipinski definition) is 2. The standard InChI is InChI=1S/C14H19NO2/c16-13(12-7-2-1-3-8-12)14(17)15-10-9-11-5-4-6-11/h1-3,7-8,11,13,16H,4-6,9-10H2,(H,15,17). The fourth-order valence-electron chi connectivity index (χ4n) is 2.06. The molecule has 2 N–H and O–H groups in total. The Morgan fingerprint density at radius 1 is 1.35 bits per heavy atom. The van der Waals surface area contributed by atoms with E-state index in [0.717, 1.165) is 12.3 Å². The first-order chi connectivity index (χ1) is 8.27. The number of nitrogens with one attached hydrogen (secondary N) is 1. The normalized spacial score (nSPS) is 17.2. The first-order valence-electron chi connectivity index (χ1n) is 6.28. The van der Waals surface area contributed by atoms with Gasteiger partial charge in [0.25, 0.3) is 5.91 Å². The van der Waals surface area contributed by atoms with E-state index in [1.807, 2.05) is 18.2 Å². The maximum atomic E-state index is 11.7. The molecule has 0 aliphatic heterocycles. The monoisotopic (exact) mass is 233 g/mol. The lowest BCUT2D eigenvalue weighted by molar-refractivity contribution is -0.129. The second-order valence-electron chi connectivity index (χ2n) is 4.69. The summed E-state index contributed by atoms with van der Waals surface area (Å²) in [7, 11) is 0. The fraction of sp³-hybridized carbons (Fsp3) is 0.500. The highest BCUT2D eigenvalue weighted by molar-refractivity contribution is 5.81. The van der Waals surface area contributed by atoms with E-state index < -0.39 is 6.10 Å². The van der Waals surface area contributed by atoms with Gasteiger partial charge in [0, 0.05) is 6.54 Å². The van der Waals surface area contributed by atoms with Gasteiger partial charge in [-0.15, -0.1) is 0 Å². The van der Waals surface area contributed by atoms with Gasteiger partial charge in [-0.3, -0.25) is 4.79 Å². The topological polar surface area (TPSA) is 49.3 Å². The zero-order valence-corrected chi connectivity index (χ0v) is 9.93. The van der Waals surface area contributed by atoms with Crippen molar-refractivity contribution in [1.82, 2.24) is 5.32 Å². The molecule has 1 aliphatic carbocycles. The lowest BCUT2D eigenvalue weighted by Crippen LogP contribution is -2.31. The Balaban J connectivity index is 1.75. The van der Waals surface area contributed by atoms with Gasteiger partial charge in [-0.2, -0.15) is 0 Å². The Hall–Kier alpha value is -1.35. The van der Waals surface area contributed by atoms with Crippen LogP contribution in [0, 0.1) is 5.92 Å². The summed E-state index contributed by atoms with van der Waals surface area (Å²) >= 11 is 0. The first kappa shape index (κ1) is 12.1. The van der Waals surface area contributed by atoms with Crippen LogP contribution in [-0.4, -0.2) is 17.6 Å². The van der Waals surface area contributed by atoms with Gasteiger partial charge in [-0.05, 0) is 17.9 Å². The van der Waals surface area contributed by atoms with E-state index in [-0.39, 0.29) is 5.91 Å². The second-order valence-corrected chi connectivity index (χ2v) is 4.69. The Morgan fingerprint density at radius 3 is 2.65 bits per heavy atom. The van der Waals surface area contributed by atoms with Gasteiger partial charge in [0.2, 0.25) is 0 Å². The van der Waals surface area contributed by atoms with Gasteiger partial charge in [-0.25, -0.2) is 0 Å². The molecule has 1 unspecified atom stereocenters. The Morgan fingerprint density at radius 2 is 2.06 bits per heavy atom. The molecule has 1 amide bonds. The number of benzene rings is 1. The molecule has 1 fully saturated rings. The Kier molecular flexibility index (Phi) is 4.15. The maximum Gasteiger partial charge on any atom is 0.253 e. The summed E-state index contributed by atoms with van der Waals surface area (Å²) in [5.41, 5.74) is 0.647. The first-order valence-corrected chi connectivity index (χ1v) is 6.28. The van der Waals surface area contributed by atoms with Gasteiger partial charge >= 0.3 is 0 Å². The van der Waals surface area contributed by atoms with Gasteiger partial charge in [0.1, 0.15) is 0 Å². The molecule has 0 heterocycles. The molecular weight excluding hydrogens is 214 g/mol. The molecule has 17 heavy (non-hydrogen) atoms. The van der Waals surface area contributed by atoms with Crippen LogP contribution >= 0.6 is 0 Å². The number of amides is 1. The predicted octanol–water partition coefficient (Wildman–Crippen LogP) is 2.03. The zero-order valence-electron chi connectivity index (χ0n) is 9.93. The minimum Gasteiger partial charge on any atom is -0.378 e. The minimum absolute atomic E-state index is 0.296. The summed E-state index contributed by atoms with van der Waals surface area (Å²) in [5.74, 6) is 0.486. The van der Waals surface area contributed by atoms with Crippen molar-refractivity contribution in [3.8, 4) is 0 Å². The summed E-state index contributed by atoms with van der Waals surface area (Å²) in [6, 6.07) is 9.03. The molecule has 1 saturated carbocycles. The molecule has 1 aromatic carbocycles. The number of carbonyl (C=O) groups excluding carboxylic acids is 1. The number of aliphatic hydroxyl groups is 1. The van der Waals surface area contributed by atoms with E-state index >= 15 is 0 Å². The van der Waals surface area contributed by atoms with Gasteiger partial charge < -0.3 is 10.4 Å². The molecule has 3 nitrogen and oxygen atoms in total. The molecule has 1 aliphatic rings. The van der Waals surface area contributed by atoms with Crippen molar-refractivity contribution in [2.24, 2.45) is 5.92 Å². The third kappa shape index (κ3) is 3.30. The second kappa shape index (κ2) is 5.82. The molecule has 0 radical (unpaired) electrons. The van der Waals surface area contributed by atoms with Crippen LogP contribution in [0.4, 0.5) is 0 Å². The maximum absolute atomic E-state index is 11.7. The Labute approximate surface area is 102 Å². The van der Waals surface area contributed by atoms with Crippen LogP contribution in [0.3, 0.4) is 0 Å². The quantitative estimate of drug-likeness (QED) is 0.817. The average Bonchev–Trinajstić information content (AvgIpc) is 2.32. The van der Waals surface area contributed by atoms with E-state index in [9.17, 15) is 9.90 Å². The van der Waals surface area contributed by atoms with Crippen LogP contribution in [0.2, 0.25) is 0 Å². The number of carbonyl (C=O) groups is 1. The summed E-state index contributed by atoms with van der Waals surface area (Å²) in [6.07, 6.45) is 3.89. The predicted molar refractivity (Wildman–Crippen MR) is 66.4 cm³/mol. The Bertz CT molecular complexity index is 360. The largest absolute Gasteiger partial charge is 0.378 e. The van der Waals surface area contributed by atoms with Crippen LogP contribution in [-0.2, 0) is 4.79 Å². The van der Waals surface area contributed by atoms with Crippen molar-refractivity contribution in [1.29, 1.82) is 0 Å². The molecule has 0 aromatic heterocycles. The lowest BCUT2D eigenvalue weighted by atomic mass is 9.83. The number of hydrogen-bond acceptors (Lipinski definition) is 2. The van der Waals surface area contributed by atoms with Crippen molar-refractivity contribution in [3.05, 3.63) is 35.9 Å². The van der Waals surface area contributed by atoms with Crippen LogP contribution in [0.15, 0.2) is 30.3 Å². The minimum atomic E-state index is -1.04. The van der Waals surface area contributed by atoms with E-state index in [1.165, 1.54) is 19.3 Å². The summed E-state index contributed by atoms with van der Waals surface area (Å²) in [5, 5.41) is 12.6. The van der Waals surface area contributed by atoms with Crippen molar-refractivity contribution < 1.29 is 9.90 Å². The molecule has 92 valence electrons. The lowest BCUT2D eigenvalue weighted by Gasteiger charge is -2.25. The zero-order chi connectivity index (χ0) is 12.1. The smallest absolute Gasteiger partial charge is 0.253 e. The molecule has 0 bridgehead atoms. The molecule has 1 aromatic rings. The van der Waals surface area contributed by atoms with E-state index in [1.54, 1.807) is 12.1 Å². The van der Waals surface area contributed by atoms with E-state index in [4.69, 9.17) is 0 Å². The van der Waals surface area contributed by atoms with Crippen molar-refractivity contribution >= 4 is 5.91 Å². The summed E-state index contributed by atoms with van der Waals surface area (Å²) < 4.78 is 0. The van der Waals surface area contributed by atoms with Gasteiger partial charge in [0.05, 0.1) is 0 Å². The molecule has 2 rings (SSSR count). The van der Waals surface area contributed by atoms with Crippen molar-refractivity contribution in [2.45, 2.75) is 31.8 Å². The molecule has 1 atom stereocenters. The average molecular weight is 233 g/mol. The SMILES string of the molecule is O=C(NCCC1CCC1)C(O)c1ccccc1. The highest BCUT2D eigenvalue weighted by Crippen LogP contribution is 2.28. The number of rotatable bonds is 5. The highest BCUT2D eigenvalue weighted by atomic mass is 16.3. The van der Waals surface area contributed by atoms with Crippen LogP contribution < -0.4 is 5.32 Å².